The molecule has 0 spiro atoms. The van der Waals surface area contributed by atoms with Crippen LogP contribution < -0.4 is 20.1 Å². The average Bonchev–Trinajstić information content (AvgIpc) is 2.77. The van der Waals surface area contributed by atoms with Crippen molar-refractivity contribution in [3.63, 3.8) is 0 Å². The van der Waals surface area contributed by atoms with Gasteiger partial charge in [0.05, 0.1) is 7.11 Å². The maximum absolute atomic E-state index is 12.6. The number of methoxy groups -OCH3 is 1. The lowest BCUT2D eigenvalue weighted by Gasteiger charge is -2.39. The van der Waals surface area contributed by atoms with Gasteiger partial charge in [0, 0.05) is 43.7 Å². The van der Waals surface area contributed by atoms with Gasteiger partial charge in [-0.05, 0) is 37.1 Å². The first-order chi connectivity index (χ1) is 15.3. The van der Waals surface area contributed by atoms with Crippen LogP contribution in [0.4, 0.5) is 18.0 Å². The molecule has 0 aliphatic carbocycles. The highest BCUT2D eigenvalue weighted by molar-refractivity contribution is 5.74. The monoisotopic (exact) mass is 451 g/mol. The van der Waals surface area contributed by atoms with E-state index in [-0.39, 0.29) is 23.7 Å². The molecule has 1 fully saturated rings. The fourth-order valence-electron chi connectivity index (χ4n) is 4.01. The Balaban J connectivity index is 1.76. The van der Waals surface area contributed by atoms with E-state index in [2.05, 4.69) is 15.4 Å². The van der Waals surface area contributed by atoms with E-state index >= 15 is 0 Å². The van der Waals surface area contributed by atoms with Crippen LogP contribution in [0.5, 0.6) is 11.5 Å². The standard InChI is InChI=1S/C23H28F3N3O3/c1-3-27-22(30)29-12-11-20(19(15-29)16-7-5-4-6-8-16)28-14-17-13-18(32-23(24,25)26)9-10-21(17)31-2/h4-10,13,19-20,28H,3,11-12,14-15H2,1-2H3,(H,27,30)/t19-,20-/m1/s1. The topological polar surface area (TPSA) is 62.8 Å². The molecule has 0 radical (unpaired) electrons. The van der Waals surface area contributed by atoms with Crippen molar-refractivity contribution in [2.45, 2.75) is 38.2 Å². The van der Waals surface area contributed by atoms with Gasteiger partial charge in [0.1, 0.15) is 11.5 Å². The van der Waals surface area contributed by atoms with Crippen LogP contribution in [-0.4, -0.2) is 50.1 Å². The highest BCUT2D eigenvalue weighted by Crippen LogP contribution is 2.31. The number of halogens is 3. The van der Waals surface area contributed by atoms with Crippen molar-refractivity contribution in [3.8, 4) is 11.5 Å². The van der Waals surface area contributed by atoms with Gasteiger partial charge >= 0.3 is 12.4 Å². The van der Waals surface area contributed by atoms with E-state index in [4.69, 9.17) is 4.74 Å². The Kier molecular flexibility index (Phi) is 7.84. The van der Waals surface area contributed by atoms with E-state index in [9.17, 15) is 18.0 Å². The van der Waals surface area contributed by atoms with Crippen LogP contribution in [0.2, 0.25) is 0 Å². The van der Waals surface area contributed by atoms with E-state index < -0.39 is 6.36 Å². The van der Waals surface area contributed by atoms with Crippen LogP contribution in [0.1, 0.15) is 30.4 Å². The summed E-state index contributed by atoms with van der Waals surface area (Å²) in [5.41, 5.74) is 1.66. The largest absolute Gasteiger partial charge is 0.573 e. The number of piperidine rings is 1. The molecule has 2 amide bonds. The minimum absolute atomic E-state index is 0.0278. The zero-order chi connectivity index (χ0) is 23.1. The van der Waals surface area contributed by atoms with Gasteiger partial charge in [-0.15, -0.1) is 13.2 Å². The molecule has 0 aromatic heterocycles. The zero-order valence-electron chi connectivity index (χ0n) is 18.1. The van der Waals surface area contributed by atoms with Gasteiger partial charge in [0.15, 0.2) is 0 Å². The molecular formula is C23H28F3N3O3. The number of urea groups is 1. The molecule has 1 saturated heterocycles. The predicted octanol–water partition coefficient (Wildman–Crippen LogP) is 4.27. The summed E-state index contributed by atoms with van der Waals surface area (Å²) in [5.74, 6) is 0.219. The number of nitrogens with zero attached hydrogens (tertiary/aromatic N) is 1. The molecule has 9 heteroatoms. The van der Waals surface area contributed by atoms with Crippen molar-refractivity contribution in [2.75, 3.05) is 26.7 Å². The molecule has 1 aliphatic rings. The van der Waals surface area contributed by atoms with E-state index in [1.807, 2.05) is 37.3 Å². The smallest absolute Gasteiger partial charge is 0.496 e. The van der Waals surface area contributed by atoms with Crippen LogP contribution in [0.3, 0.4) is 0 Å². The summed E-state index contributed by atoms with van der Waals surface area (Å²) >= 11 is 0. The molecule has 0 bridgehead atoms. The average molecular weight is 451 g/mol. The van der Waals surface area contributed by atoms with Gasteiger partial charge in [0.25, 0.3) is 0 Å². The van der Waals surface area contributed by atoms with Crippen molar-refractivity contribution in [1.82, 2.24) is 15.5 Å². The van der Waals surface area contributed by atoms with Crippen LogP contribution in [0, 0.1) is 0 Å². The lowest BCUT2D eigenvalue weighted by molar-refractivity contribution is -0.274. The summed E-state index contributed by atoms with van der Waals surface area (Å²) in [5, 5.41) is 6.31. The third-order valence-corrected chi connectivity index (χ3v) is 5.50. The van der Waals surface area contributed by atoms with Crippen LogP contribution in [0.15, 0.2) is 48.5 Å². The first kappa shape index (κ1) is 23.7. The minimum Gasteiger partial charge on any atom is -0.496 e. The van der Waals surface area contributed by atoms with E-state index in [1.54, 1.807) is 4.90 Å². The third-order valence-electron chi connectivity index (χ3n) is 5.50. The van der Waals surface area contributed by atoms with Crippen molar-refractivity contribution < 1.29 is 27.4 Å². The van der Waals surface area contributed by atoms with Gasteiger partial charge < -0.3 is 25.0 Å². The summed E-state index contributed by atoms with van der Waals surface area (Å²) in [4.78, 5) is 14.2. The Morgan fingerprint density at radius 1 is 1.19 bits per heavy atom. The van der Waals surface area contributed by atoms with E-state index in [0.29, 0.717) is 43.9 Å². The molecule has 2 N–H and O–H groups in total. The molecule has 0 saturated carbocycles. The maximum atomic E-state index is 12.6. The first-order valence-corrected chi connectivity index (χ1v) is 10.5. The number of nitrogens with one attached hydrogen (secondary N) is 2. The van der Waals surface area contributed by atoms with Crippen LogP contribution >= 0.6 is 0 Å². The van der Waals surface area contributed by atoms with Crippen LogP contribution in [0.25, 0.3) is 0 Å². The molecule has 1 aliphatic heterocycles. The molecule has 1 heterocycles. The number of rotatable bonds is 7. The van der Waals surface area contributed by atoms with Crippen LogP contribution in [-0.2, 0) is 6.54 Å². The number of ether oxygens (including phenoxy) is 2. The zero-order valence-corrected chi connectivity index (χ0v) is 18.1. The number of amides is 2. The lowest BCUT2D eigenvalue weighted by atomic mass is 9.86. The fourth-order valence-corrected chi connectivity index (χ4v) is 4.01. The number of carbonyl (C=O) groups is 1. The van der Waals surface area contributed by atoms with Gasteiger partial charge in [-0.1, -0.05) is 30.3 Å². The fraction of sp³-hybridized carbons (Fsp3) is 0.435. The van der Waals surface area contributed by atoms with Gasteiger partial charge in [0.2, 0.25) is 0 Å². The second-order valence-corrected chi connectivity index (χ2v) is 7.60. The van der Waals surface area contributed by atoms with Crippen molar-refractivity contribution >= 4 is 6.03 Å². The van der Waals surface area contributed by atoms with Crippen molar-refractivity contribution in [1.29, 1.82) is 0 Å². The molecule has 174 valence electrons. The predicted molar refractivity (Wildman–Crippen MR) is 115 cm³/mol. The second-order valence-electron chi connectivity index (χ2n) is 7.60. The summed E-state index contributed by atoms with van der Waals surface area (Å²) < 4.78 is 47.2. The second kappa shape index (κ2) is 10.6. The Bertz CT molecular complexity index is 893. The van der Waals surface area contributed by atoms with E-state index in [0.717, 1.165) is 5.56 Å². The molecular weight excluding hydrogens is 423 g/mol. The van der Waals surface area contributed by atoms with Gasteiger partial charge in [-0.25, -0.2) is 4.79 Å². The minimum atomic E-state index is -4.76. The highest BCUT2D eigenvalue weighted by Gasteiger charge is 2.33. The molecule has 2 atom stereocenters. The molecule has 2 aromatic rings. The molecule has 0 unspecified atom stereocenters. The number of benzene rings is 2. The molecule has 32 heavy (non-hydrogen) atoms. The molecule has 3 rings (SSSR count). The Morgan fingerprint density at radius 3 is 2.59 bits per heavy atom. The summed E-state index contributed by atoms with van der Waals surface area (Å²) in [6.45, 7) is 3.87. The van der Waals surface area contributed by atoms with E-state index in [1.165, 1.54) is 25.3 Å². The normalized spacial score (nSPS) is 18.8. The Morgan fingerprint density at radius 2 is 1.94 bits per heavy atom. The van der Waals surface area contributed by atoms with Gasteiger partial charge in [-0.2, -0.15) is 0 Å². The number of hydrogen-bond donors (Lipinski definition) is 2. The Hall–Kier alpha value is -2.94. The SMILES string of the molecule is CCNC(=O)N1CC[C@@H](NCc2cc(OC(F)(F)F)ccc2OC)[C@@H](c2ccccc2)C1. The number of hydrogen-bond acceptors (Lipinski definition) is 4. The summed E-state index contributed by atoms with van der Waals surface area (Å²) in [6, 6.07) is 13.9. The number of alkyl halides is 3. The third kappa shape index (κ3) is 6.29. The Labute approximate surface area is 185 Å². The first-order valence-electron chi connectivity index (χ1n) is 10.5. The number of carbonyl (C=O) groups excluding carboxylic acids is 1. The molecule has 6 nitrogen and oxygen atoms in total. The summed E-state index contributed by atoms with van der Waals surface area (Å²) in [6.07, 6.45) is -4.05. The number of likely N-dealkylation sites (tertiary alicyclic amines) is 1. The molecule has 2 aromatic carbocycles. The quantitative estimate of drug-likeness (QED) is 0.660. The highest BCUT2D eigenvalue weighted by atomic mass is 19.4. The van der Waals surface area contributed by atoms with Crippen molar-refractivity contribution in [2.24, 2.45) is 0 Å². The van der Waals surface area contributed by atoms with Crippen molar-refractivity contribution in [3.05, 3.63) is 59.7 Å². The summed E-state index contributed by atoms with van der Waals surface area (Å²) in [7, 11) is 1.47. The maximum Gasteiger partial charge on any atom is 0.573 e. The van der Waals surface area contributed by atoms with Gasteiger partial charge in [-0.3, -0.25) is 0 Å². The lowest BCUT2D eigenvalue weighted by Crippen LogP contribution is -2.52.